The highest BCUT2D eigenvalue weighted by Gasteiger charge is 2.12. The minimum atomic E-state index is -2.62. The molecule has 0 unspecified atom stereocenters. The maximum Gasteiger partial charge on any atom is 0.333 e. The fraction of sp³-hybridized carbons (Fsp3) is 0.500. The van der Waals surface area contributed by atoms with Gasteiger partial charge in [0.1, 0.15) is 0 Å². The van der Waals surface area contributed by atoms with E-state index < -0.39 is 6.55 Å². The van der Waals surface area contributed by atoms with E-state index in [9.17, 15) is 8.78 Å². The van der Waals surface area contributed by atoms with Gasteiger partial charge in [0.25, 0.3) is 0 Å². The Bertz CT molecular complexity index is 544. The molecule has 0 radical (unpaired) electrons. The second kappa shape index (κ2) is 5.38. The molecule has 0 fully saturated rings. The van der Waals surface area contributed by atoms with Crippen LogP contribution in [0.3, 0.4) is 0 Å². The van der Waals surface area contributed by atoms with Crippen LogP contribution >= 0.6 is 0 Å². The van der Waals surface area contributed by atoms with E-state index in [0.29, 0.717) is 16.2 Å². The lowest BCUT2D eigenvalue weighted by atomic mass is 10.3. The molecule has 2 heterocycles. The van der Waals surface area contributed by atoms with Crippen molar-refractivity contribution in [2.75, 3.05) is 5.32 Å². The molecule has 104 valence electrons. The Hall–Kier alpha value is -1.92. The summed E-state index contributed by atoms with van der Waals surface area (Å²) >= 11 is 0. The van der Waals surface area contributed by atoms with Crippen molar-refractivity contribution in [1.82, 2.24) is 19.6 Å². The van der Waals surface area contributed by atoms with E-state index >= 15 is 0 Å². The normalized spacial score (nSPS) is 11.5. The van der Waals surface area contributed by atoms with Crippen LogP contribution in [0.1, 0.15) is 37.7 Å². The number of nitrogens with zero attached hydrogens (tertiary/aromatic N) is 4. The highest BCUT2D eigenvalue weighted by Crippen LogP contribution is 2.17. The van der Waals surface area contributed by atoms with Gasteiger partial charge >= 0.3 is 6.55 Å². The first-order chi connectivity index (χ1) is 8.99. The van der Waals surface area contributed by atoms with Gasteiger partial charge in [0, 0.05) is 24.0 Å². The Morgan fingerprint density at radius 2 is 2.11 bits per heavy atom. The predicted molar refractivity (Wildman–Crippen MR) is 68.2 cm³/mol. The molecule has 1 N–H and O–H groups in total. The third kappa shape index (κ3) is 2.91. The van der Waals surface area contributed by atoms with E-state index in [1.54, 1.807) is 6.07 Å². The standard InChI is InChI=1S/C12H17F2N5/c1-8(2)18-7-9(3)11(17-18)15-6-10-4-5-16-19(10)12(13)14/h4-5,7-8,12H,6H2,1-3H3,(H,15,17). The lowest BCUT2D eigenvalue weighted by molar-refractivity contribution is 0.0537. The summed E-state index contributed by atoms with van der Waals surface area (Å²) in [5, 5.41) is 11.0. The Labute approximate surface area is 110 Å². The summed E-state index contributed by atoms with van der Waals surface area (Å²) in [6, 6.07) is 1.83. The maximum absolute atomic E-state index is 12.6. The average molecular weight is 269 g/mol. The first kappa shape index (κ1) is 13.5. The van der Waals surface area contributed by atoms with Gasteiger partial charge in [0.15, 0.2) is 5.82 Å². The number of hydrogen-bond donors (Lipinski definition) is 1. The Morgan fingerprint density at radius 3 is 2.68 bits per heavy atom. The molecule has 0 spiro atoms. The highest BCUT2D eigenvalue weighted by molar-refractivity contribution is 5.42. The first-order valence-corrected chi connectivity index (χ1v) is 6.09. The zero-order valence-electron chi connectivity index (χ0n) is 11.1. The highest BCUT2D eigenvalue weighted by atomic mass is 19.3. The fourth-order valence-electron chi connectivity index (χ4n) is 1.75. The molecule has 0 aliphatic rings. The van der Waals surface area contributed by atoms with E-state index in [4.69, 9.17) is 0 Å². The Balaban J connectivity index is 2.08. The lowest BCUT2D eigenvalue weighted by Gasteiger charge is -2.08. The van der Waals surface area contributed by atoms with Crippen molar-refractivity contribution in [3.63, 3.8) is 0 Å². The number of alkyl halides is 2. The Morgan fingerprint density at radius 1 is 1.37 bits per heavy atom. The number of halogens is 2. The zero-order chi connectivity index (χ0) is 14.0. The smallest absolute Gasteiger partial charge is 0.333 e. The minimum absolute atomic E-state index is 0.264. The molecule has 0 aromatic carbocycles. The molecule has 19 heavy (non-hydrogen) atoms. The fourth-order valence-corrected chi connectivity index (χ4v) is 1.75. The van der Waals surface area contributed by atoms with Crippen LogP contribution in [0, 0.1) is 6.92 Å². The molecule has 7 heteroatoms. The summed E-state index contributed by atoms with van der Waals surface area (Å²) in [5.74, 6) is 0.704. The second-order valence-corrected chi connectivity index (χ2v) is 4.63. The molecule has 0 saturated heterocycles. The van der Waals surface area contributed by atoms with Crippen LogP contribution in [0.25, 0.3) is 0 Å². The van der Waals surface area contributed by atoms with Gasteiger partial charge in [0.2, 0.25) is 0 Å². The lowest BCUT2D eigenvalue weighted by Crippen LogP contribution is -2.10. The second-order valence-electron chi connectivity index (χ2n) is 4.63. The van der Waals surface area contributed by atoms with Gasteiger partial charge in [0.05, 0.1) is 12.2 Å². The Kier molecular flexibility index (Phi) is 3.82. The molecule has 2 aromatic rings. The molecular weight excluding hydrogens is 252 g/mol. The van der Waals surface area contributed by atoms with Crippen molar-refractivity contribution in [2.24, 2.45) is 0 Å². The van der Waals surface area contributed by atoms with Crippen molar-refractivity contribution in [1.29, 1.82) is 0 Å². The molecule has 2 aromatic heterocycles. The van der Waals surface area contributed by atoms with Crippen LogP contribution in [0.4, 0.5) is 14.6 Å². The number of hydrogen-bond acceptors (Lipinski definition) is 3. The zero-order valence-corrected chi connectivity index (χ0v) is 11.1. The summed E-state index contributed by atoms with van der Waals surface area (Å²) in [4.78, 5) is 0. The van der Waals surface area contributed by atoms with E-state index in [1.165, 1.54) is 6.20 Å². The topological polar surface area (TPSA) is 47.7 Å². The SMILES string of the molecule is Cc1cn(C(C)C)nc1NCc1ccnn1C(F)F. The van der Waals surface area contributed by atoms with Gasteiger partial charge in [-0.1, -0.05) is 0 Å². The van der Waals surface area contributed by atoms with Crippen molar-refractivity contribution >= 4 is 5.82 Å². The number of nitrogens with one attached hydrogen (secondary N) is 1. The summed E-state index contributed by atoms with van der Waals surface area (Å²) in [7, 11) is 0. The van der Waals surface area contributed by atoms with Gasteiger partial charge in [-0.05, 0) is 26.8 Å². The molecule has 5 nitrogen and oxygen atoms in total. The van der Waals surface area contributed by atoms with Gasteiger partial charge < -0.3 is 5.32 Å². The maximum atomic E-state index is 12.6. The summed E-state index contributed by atoms with van der Waals surface area (Å²) in [6.45, 7) is 3.63. The summed E-state index contributed by atoms with van der Waals surface area (Å²) in [6.07, 6.45) is 3.29. The van der Waals surface area contributed by atoms with Crippen molar-refractivity contribution < 1.29 is 8.78 Å². The average Bonchev–Trinajstić information content (AvgIpc) is 2.92. The van der Waals surface area contributed by atoms with Crippen LogP contribution < -0.4 is 5.32 Å². The van der Waals surface area contributed by atoms with Crippen molar-refractivity contribution in [3.05, 3.63) is 29.7 Å². The van der Waals surface area contributed by atoms with Crippen molar-refractivity contribution in [2.45, 2.75) is 39.9 Å². The van der Waals surface area contributed by atoms with Gasteiger partial charge in [-0.15, -0.1) is 0 Å². The molecular formula is C12H17F2N5. The summed E-state index contributed by atoms with van der Waals surface area (Å²) < 4.78 is 27.8. The van der Waals surface area contributed by atoms with Crippen LogP contribution in [0.2, 0.25) is 0 Å². The largest absolute Gasteiger partial charge is 0.363 e. The number of rotatable bonds is 5. The van der Waals surface area contributed by atoms with Gasteiger partial charge in [-0.2, -0.15) is 19.0 Å². The quantitative estimate of drug-likeness (QED) is 0.907. The summed E-state index contributed by atoms with van der Waals surface area (Å²) in [5.41, 5.74) is 1.41. The third-order valence-corrected chi connectivity index (χ3v) is 2.82. The van der Waals surface area contributed by atoms with Crippen LogP contribution in [-0.2, 0) is 6.54 Å². The van der Waals surface area contributed by atoms with Gasteiger partial charge in [-0.25, -0.2) is 4.68 Å². The molecule has 0 amide bonds. The van der Waals surface area contributed by atoms with E-state index in [0.717, 1.165) is 5.56 Å². The molecule has 0 aliphatic heterocycles. The van der Waals surface area contributed by atoms with Crippen LogP contribution in [0.5, 0.6) is 0 Å². The van der Waals surface area contributed by atoms with E-state index in [2.05, 4.69) is 15.5 Å². The molecule has 0 aliphatic carbocycles. The predicted octanol–water partition coefficient (Wildman–Crippen LogP) is 2.98. The van der Waals surface area contributed by atoms with E-state index in [-0.39, 0.29) is 12.6 Å². The molecule has 2 rings (SSSR count). The van der Waals surface area contributed by atoms with Gasteiger partial charge in [-0.3, -0.25) is 4.68 Å². The monoisotopic (exact) mass is 269 g/mol. The van der Waals surface area contributed by atoms with E-state index in [1.807, 2.05) is 31.6 Å². The number of aromatic nitrogens is 4. The molecule has 0 atom stereocenters. The first-order valence-electron chi connectivity index (χ1n) is 6.09. The van der Waals surface area contributed by atoms with Crippen molar-refractivity contribution in [3.8, 4) is 0 Å². The molecule has 0 saturated carbocycles. The number of anilines is 1. The number of aryl methyl sites for hydroxylation is 1. The molecule has 0 bridgehead atoms. The third-order valence-electron chi connectivity index (χ3n) is 2.82. The van der Waals surface area contributed by atoms with Crippen LogP contribution in [0.15, 0.2) is 18.5 Å². The van der Waals surface area contributed by atoms with Crippen LogP contribution in [-0.4, -0.2) is 19.6 Å². The minimum Gasteiger partial charge on any atom is -0.363 e.